The van der Waals surface area contributed by atoms with Crippen molar-refractivity contribution in [2.24, 2.45) is 0 Å². The van der Waals surface area contributed by atoms with Gasteiger partial charge in [-0.25, -0.2) is 23.1 Å². The van der Waals surface area contributed by atoms with Gasteiger partial charge in [-0.2, -0.15) is 4.98 Å². The minimum Gasteiger partial charge on any atom is -0.462 e. The fourth-order valence-electron chi connectivity index (χ4n) is 3.50. The van der Waals surface area contributed by atoms with Gasteiger partial charge in [-0.3, -0.25) is 9.36 Å². The molecule has 1 aromatic heterocycles. The zero-order valence-electron chi connectivity index (χ0n) is 20.6. The van der Waals surface area contributed by atoms with Crippen molar-refractivity contribution >= 4 is 30.2 Å². The second kappa shape index (κ2) is 12.1. The number of carbonyl (C=O) groups is 1. The first kappa shape index (κ1) is 30.0. The monoisotopic (exact) mass is 580 g/mol. The minimum absolute atomic E-state index is 0.172. The topological polar surface area (TPSA) is 147 Å². The maximum Gasteiger partial charge on any atom is 0.351 e. The third kappa shape index (κ3) is 6.71. The van der Waals surface area contributed by atoms with E-state index in [0.29, 0.717) is 4.57 Å². The highest BCUT2D eigenvalue weighted by atomic mass is 32.5. The summed E-state index contributed by atoms with van der Waals surface area (Å²) in [6, 6.07) is 7.99. The van der Waals surface area contributed by atoms with E-state index < -0.39 is 67.6 Å². The lowest BCUT2D eigenvalue weighted by Crippen LogP contribution is -2.51. The molecular weight excluding hydrogens is 552 g/mol. The van der Waals surface area contributed by atoms with E-state index in [1.807, 2.05) is 0 Å². The van der Waals surface area contributed by atoms with Crippen LogP contribution < -0.4 is 21.0 Å². The van der Waals surface area contributed by atoms with Crippen LogP contribution >= 0.6 is 6.64 Å². The largest absolute Gasteiger partial charge is 0.462 e. The van der Waals surface area contributed by atoms with Crippen LogP contribution in [0.4, 0.5) is 19.0 Å². The molecule has 1 aliphatic heterocycles. The predicted molar refractivity (Wildman–Crippen MR) is 134 cm³/mol. The van der Waals surface area contributed by atoms with E-state index in [0.717, 1.165) is 12.3 Å². The van der Waals surface area contributed by atoms with Crippen LogP contribution in [0.5, 0.6) is 5.75 Å². The maximum atomic E-state index is 15.3. The number of hydrogen-bond acceptors (Lipinski definition) is 10. The number of ether oxygens (including phenoxy) is 2. The molecule has 38 heavy (non-hydrogen) atoms. The van der Waals surface area contributed by atoms with Gasteiger partial charge in [-0.15, -0.1) is 0 Å². The van der Waals surface area contributed by atoms with Crippen molar-refractivity contribution in [1.29, 1.82) is 0 Å². The molecule has 0 aliphatic carbocycles. The van der Waals surface area contributed by atoms with Gasteiger partial charge in [0.25, 0.3) is 6.43 Å². The SMILES string of the molecule is CC(C)OC(=O)C(C)NP(=S)(OCC1(C(F)F)OC(n2ccc(N)nc2=O)C(O)C1F)Oc1ccccc1. The number of rotatable bonds is 11. The Morgan fingerprint density at radius 1 is 1.32 bits per heavy atom. The first-order chi connectivity index (χ1) is 17.8. The van der Waals surface area contributed by atoms with Gasteiger partial charge >= 0.3 is 18.3 Å². The molecule has 6 atom stereocenters. The number of carbonyl (C=O) groups excluding carboxylic acids is 1. The van der Waals surface area contributed by atoms with Crippen LogP contribution in [0.3, 0.4) is 0 Å². The number of alkyl halides is 3. The molecule has 210 valence electrons. The number of nitrogen functional groups attached to an aromatic ring is 1. The number of aromatic nitrogens is 2. The van der Waals surface area contributed by atoms with Gasteiger partial charge in [0, 0.05) is 6.20 Å². The molecule has 4 N–H and O–H groups in total. The molecule has 0 amide bonds. The first-order valence-corrected chi connectivity index (χ1v) is 14.0. The van der Waals surface area contributed by atoms with Crippen LogP contribution in [-0.2, 0) is 30.6 Å². The zero-order chi connectivity index (χ0) is 28.3. The highest BCUT2D eigenvalue weighted by Crippen LogP contribution is 2.50. The summed E-state index contributed by atoms with van der Waals surface area (Å²) < 4.78 is 66.4. The molecule has 0 radical (unpaired) electrons. The van der Waals surface area contributed by atoms with Gasteiger partial charge in [0.05, 0.1) is 12.7 Å². The van der Waals surface area contributed by atoms with E-state index in [9.17, 15) is 23.5 Å². The van der Waals surface area contributed by atoms with Crippen molar-refractivity contribution in [3.05, 3.63) is 53.1 Å². The number of para-hydroxylation sites is 1. The second-order valence-corrected chi connectivity index (χ2v) is 11.8. The Bertz CT molecular complexity index is 1220. The van der Waals surface area contributed by atoms with Crippen molar-refractivity contribution in [1.82, 2.24) is 14.6 Å². The summed E-state index contributed by atoms with van der Waals surface area (Å²) in [4.78, 5) is 28.0. The van der Waals surface area contributed by atoms with E-state index in [1.54, 1.807) is 32.0 Å². The van der Waals surface area contributed by atoms with Gasteiger partial charge < -0.3 is 29.4 Å². The standard InChI is InChI=1S/C22H28F3N4O7PS/c1-12(2)34-19(31)13(3)28-37(38,36-14-7-5-4-6-8-14)33-11-22(20(24)25)17(23)16(30)18(35-22)29-10-9-15(26)27-21(29)32/h4-10,12-13,16-18,20,30H,11H2,1-3H3,(H,28,38)(H2,26,27,32). The van der Waals surface area contributed by atoms with Crippen molar-refractivity contribution in [3.63, 3.8) is 0 Å². The lowest BCUT2D eigenvalue weighted by molar-refractivity contribution is -0.182. The smallest absolute Gasteiger partial charge is 0.351 e. The summed E-state index contributed by atoms with van der Waals surface area (Å²) in [6.45, 7) is -0.406. The fourth-order valence-corrected chi connectivity index (χ4v) is 5.92. The molecule has 0 saturated carbocycles. The summed E-state index contributed by atoms with van der Waals surface area (Å²) in [5.41, 5.74) is 1.32. The van der Waals surface area contributed by atoms with E-state index in [1.165, 1.54) is 19.1 Å². The number of esters is 1. The van der Waals surface area contributed by atoms with Gasteiger partial charge in [0.1, 0.15) is 23.7 Å². The van der Waals surface area contributed by atoms with E-state index in [4.69, 9.17) is 36.1 Å². The fraction of sp³-hybridized carbons (Fsp3) is 0.500. The van der Waals surface area contributed by atoms with E-state index >= 15 is 4.39 Å². The van der Waals surface area contributed by atoms with Crippen molar-refractivity contribution in [2.45, 2.75) is 63.4 Å². The molecule has 0 bridgehead atoms. The number of aliphatic hydroxyl groups is 1. The number of anilines is 1. The third-order valence-corrected chi connectivity index (χ3v) is 7.86. The molecule has 6 unspecified atom stereocenters. The second-order valence-electron chi connectivity index (χ2n) is 8.71. The number of hydrogen-bond donors (Lipinski definition) is 3. The van der Waals surface area contributed by atoms with Gasteiger partial charge in [0.2, 0.25) is 0 Å². The zero-order valence-corrected chi connectivity index (χ0v) is 22.3. The van der Waals surface area contributed by atoms with Crippen LogP contribution in [0.2, 0.25) is 0 Å². The molecule has 1 aromatic carbocycles. The van der Waals surface area contributed by atoms with Crippen molar-refractivity contribution < 1.29 is 41.6 Å². The quantitative estimate of drug-likeness (QED) is 0.266. The number of benzene rings is 1. The van der Waals surface area contributed by atoms with Gasteiger partial charge in [-0.1, -0.05) is 18.2 Å². The molecule has 1 fully saturated rings. The van der Waals surface area contributed by atoms with Gasteiger partial charge in [-0.05, 0) is 50.8 Å². The van der Waals surface area contributed by atoms with E-state index in [-0.39, 0.29) is 11.6 Å². The molecule has 2 heterocycles. The number of aliphatic hydroxyl groups excluding tert-OH is 1. The number of halogens is 3. The highest BCUT2D eigenvalue weighted by Gasteiger charge is 2.62. The van der Waals surface area contributed by atoms with Crippen LogP contribution in [-0.4, -0.2) is 63.7 Å². The summed E-state index contributed by atoms with van der Waals surface area (Å²) >= 11 is 5.47. The van der Waals surface area contributed by atoms with Crippen LogP contribution in [0, 0.1) is 0 Å². The summed E-state index contributed by atoms with van der Waals surface area (Å²) in [5, 5.41) is 13.1. The molecule has 1 aliphatic rings. The molecular formula is C22H28F3N4O7PS. The lowest BCUT2D eigenvalue weighted by atomic mass is 9.98. The van der Waals surface area contributed by atoms with E-state index in [2.05, 4.69) is 10.1 Å². The third-order valence-electron chi connectivity index (χ3n) is 5.38. The average molecular weight is 581 g/mol. The lowest BCUT2D eigenvalue weighted by Gasteiger charge is -2.33. The summed E-state index contributed by atoms with van der Waals surface area (Å²) in [5.74, 6) is -0.710. The molecule has 16 heteroatoms. The first-order valence-electron chi connectivity index (χ1n) is 11.4. The summed E-state index contributed by atoms with van der Waals surface area (Å²) in [6.07, 6.45) is -9.76. The maximum absolute atomic E-state index is 15.3. The number of nitrogens with two attached hydrogens (primary N) is 1. The van der Waals surface area contributed by atoms with Crippen LogP contribution in [0.15, 0.2) is 47.4 Å². The Balaban J connectivity index is 1.90. The van der Waals surface area contributed by atoms with Crippen LogP contribution in [0.25, 0.3) is 0 Å². The van der Waals surface area contributed by atoms with Gasteiger partial charge in [0.15, 0.2) is 18.0 Å². The van der Waals surface area contributed by atoms with Crippen molar-refractivity contribution in [2.75, 3.05) is 12.3 Å². The number of nitrogens with one attached hydrogen (secondary N) is 1. The minimum atomic E-state index is -3.86. The number of nitrogens with zero attached hydrogens (tertiary/aromatic N) is 2. The Labute approximate surface area is 221 Å². The van der Waals surface area contributed by atoms with Crippen molar-refractivity contribution in [3.8, 4) is 5.75 Å². The Kier molecular flexibility index (Phi) is 9.55. The average Bonchev–Trinajstić information content (AvgIpc) is 3.09. The molecule has 0 spiro atoms. The normalized spacial score (nSPS) is 25.8. The predicted octanol–water partition coefficient (Wildman–Crippen LogP) is 2.31. The Morgan fingerprint density at radius 3 is 2.55 bits per heavy atom. The summed E-state index contributed by atoms with van der Waals surface area (Å²) in [7, 11) is 0. The molecule has 11 nitrogen and oxygen atoms in total. The molecule has 3 rings (SSSR count). The van der Waals surface area contributed by atoms with Crippen LogP contribution in [0.1, 0.15) is 27.0 Å². The molecule has 1 saturated heterocycles. The Hall–Kier alpha value is -2.55. The molecule has 2 aromatic rings. The Morgan fingerprint density at radius 2 is 1.97 bits per heavy atom. The highest BCUT2D eigenvalue weighted by molar-refractivity contribution is 8.09.